The summed E-state index contributed by atoms with van der Waals surface area (Å²) < 4.78 is 51.2. The lowest BCUT2D eigenvalue weighted by Crippen LogP contribution is -2.48. The Hall–Kier alpha value is -1.63. The number of carbonyl (C=O) groups excluding carboxylic acids is 1. The quantitative estimate of drug-likeness (QED) is 0.806. The molecule has 7 heteroatoms. The number of halogens is 4. The van der Waals surface area contributed by atoms with Crippen LogP contribution < -0.4 is 0 Å². The van der Waals surface area contributed by atoms with Crippen LogP contribution in [0.3, 0.4) is 0 Å². The van der Waals surface area contributed by atoms with Crippen molar-refractivity contribution in [3.05, 3.63) is 35.1 Å². The number of benzene rings is 1. The summed E-state index contributed by atoms with van der Waals surface area (Å²) in [5.41, 5.74) is -2.40. The topological polar surface area (TPSA) is 40.5 Å². The van der Waals surface area contributed by atoms with Gasteiger partial charge < -0.3 is 10.0 Å². The highest BCUT2D eigenvalue weighted by atomic mass is 19.4. The van der Waals surface area contributed by atoms with Crippen LogP contribution in [0.1, 0.15) is 22.3 Å². The molecule has 1 amide bonds. The number of alkyl halides is 3. The minimum atomic E-state index is -4.79. The maximum Gasteiger partial charge on any atom is 0.419 e. The minimum Gasteiger partial charge on any atom is -0.379 e. The van der Waals surface area contributed by atoms with Crippen LogP contribution in [0.5, 0.6) is 0 Å². The standard InChI is InChI=1S/C13H13F4NO2/c1-8-2-3-9(14)6-10(8)11(19)18-5-4-12(20,7-18)13(15,16)17/h2-3,6,20H,4-5,7H2,1H3/t12-/m1/s1. The number of hydrogen-bond donors (Lipinski definition) is 1. The van der Waals surface area contributed by atoms with Gasteiger partial charge in [-0.05, 0) is 24.6 Å². The number of β-amino-alcohol motifs (C(OH)–C–C–N with tert-alkyl or cyclic N) is 1. The van der Waals surface area contributed by atoms with E-state index in [0.717, 1.165) is 11.0 Å². The van der Waals surface area contributed by atoms with Gasteiger partial charge in [0, 0.05) is 18.5 Å². The van der Waals surface area contributed by atoms with Gasteiger partial charge in [-0.2, -0.15) is 13.2 Å². The van der Waals surface area contributed by atoms with Crippen molar-refractivity contribution in [2.75, 3.05) is 13.1 Å². The SMILES string of the molecule is Cc1ccc(F)cc1C(=O)N1CC[C@](O)(C(F)(F)F)C1. The Labute approximate surface area is 112 Å². The number of rotatable bonds is 1. The molecule has 1 aliphatic heterocycles. The van der Waals surface area contributed by atoms with Gasteiger partial charge in [0.2, 0.25) is 0 Å². The molecule has 0 bridgehead atoms. The Balaban J connectivity index is 2.22. The molecule has 2 rings (SSSR count). The summed E-state index contributed by atoms with van der Waals surface area (Å²) in [5.74, 6) is -1.34. The van der Waals surface area contributed by atoms with Gasteiger partial charge >= 0.3 is 6.18 Å². The zero-order chi connectivity index (χ0) is 15.1. The first kappa shape index (κ1) is 14.8. The predicted octanol–water partition coefficient (Wildman–Crippen LogP) is 2.27. The molecule has 110 valence electrons. The molecule has 0 saturated carbocycles. The van der Waals surface area contributed by atoms with Crippen LogP contribution in [-0.2, 0) is 0 Å². The molecule has 0 spiro atoms. The fraction of sp³-hybridized carbons (Fsp3) is 0.462. The number of amides is 1. The molecular formula is C13H13F4NO2. The van der Waals surface area contributed by atoms with Crippen molar-refractivity contribution >= 4 is 5.91 Å². The molecule has 0 aliphatic carbocycles. The van der Waals surface area contributed by atoms with Gasteiger partial charge in [-0.3, -0.25) is 4.79 Å². The molecule has 1 saturated heterocycles. The Morgan fingerprint density at radius 3 is 2.60 bits per heavy atom. The smallest absolute Gasteiger partial charge is 0.379 e. The molecule has 1 heterocycles. The molecule has 3 nitrogen and oxygen atoms in total. The van der Waals surface area contributed by atoms with E-state index >= 15 is 0 Å². The number of carbonyl (C=O) groups is 1. The normalized spacial score (nSPS) is 23.2. The highest BCUT2D eigenvalue weighted by Gasteiger charge is 2.57. The summed E-state index contributed by atoms with van der Waals surface area (Å²) in [6, 6.07) is 3.54. The lowest BCUT2D eigenvalue weighted by atomic mass is 10.0. The third kappa shape index (κ3) is 2.49. The van der Waals surface area contributed by atoms with E-state index in [1.165, 1.54) is 12.1 Å². The lowest BCUT2D eigenvalue weighted by Gasteiger charge is -2.26. The van der Waals surface area contributed by atoms with Gasteiger partial charge in [-0.1, -0.05) is 6.07 Å². The van der Waals surface area contributed by atoms with E-state index in [-0.39, 0.29) is 12.1 Å². The largest absolute Gasteiger partial charge is 0.419 e. The second-order valence-electron chi connectivity index (χ2n) is 4.97. The maximum absolute atomic E-state index is 13.1. The van der Waals surface area contributed by atoms with Gasteiger partial charge in [0.25, 0.3) is 5.91 Å². The van der Waals surface area contributed by atoms with E-state index in [1.54, 1.807) is 6.92 Å². The van der Waals surface area contributed by atoms with E-state index in [9.17, 15) is 27.5 Å². The molecule has 0 aromatic heterocycles. The lowest BCUT2D eigenvalue weighted by molar-refractivity contribution is -0.253. The first-order valence-electron chi connectivity index (χ1n) is 5.98. The van der Waals surface area contributed by atoms with Gasteiger partial charge in [-0.25, -0.2) is 4.39 Å². The average Bonchev–Trinajstić information content (AvgIpc) is 2.75. The van der Waals surface area contributed by atoms with Crippen LogP contribution in [0, 0.1) is 12.7 Å². The van der Waals surface area contributed by atoms with Crippen LogP contribution in [-0.4, -0.2) is 40.8 Å². The van der Waals surface area contributed by atoms with Crippen LogP contribution in [0.15, 0.2) is 18.2 Å². The second kappa shape index (κ2) is 4.73. The van der Waals surface area contributed by atoms with Crippen molar-refractivity contribution in [2.45, 2.75) is 25.1 Å². The summed E-state index contributed by atoms with van der Waals surface area (Å²) in [6.45, 7) is 0.523. The number of aryl methyl sites for hydroxylation is 1. The van der Waals surface area contributed by atoms with Gasteiger partial charge in [-0.15, -0.1) is 0 Å². The summed E-state index contributed by atoms with van der Waals surface area (Å²) in [5, 5.41) is 9.52. The third-order valence-electron chi connectivity index (χ3n) is 3.49. The molecule has 1 fully saturated rings. The number of nitrogens with zero attached hydrogens (tertiary/aromatic N) is 1. The monoisotopic (exact) mass is 291 g/mol. The Bertz CT molecular complexity index is 544. The molecule has 0 unspecified atom stereocenters. The second-order valence-corrected chi connectivity index (χ2v) is 4.97. The highest BCUT2D eigenvalue weighted by Crippen LogP contribution is 2.38. The van der Waals surface area contributed by atoms with E-state index in [0.29, 0.717) is 5.56 Å². The zero-order valence-electron chi connectivity index (χ0n) is 10.7. The summed E-state index contributed by atoms with van der Waals surface area (Å²) in [7, 11) is 0. The van der Waals surface area contributed by atoms with Crippen LogP contribution in [0.25, 0.3) is 0 Å². The molecule has 20 heavy (non-hydrogen) atoms. The average molecular weight is 291 g/mol. The van der Waals surface area contributed by atoms with Crippen LogP contribution in [0.2, 0.25) is 0 Å². The van der Waals surface area contributed by atoms with Crippen molar-refractivity contribution < 1.29 is 27.5 Å². The maximum atomic E-state index is 13.1. The van der Waals surface area contributed by atoms with Crippen molar-refractivity contribution in [2.24, 2.45) is 0 Å². The first-order valence-corrected chi connectivity index (χ1v) is 5.98. The van der Waals surface area contributed by atoms with E-state index in [1.807, 2.05) is 0 Å². The number of aliphatic hydroxyl groups is 1. The van der Waals surface area contributed by atoms with Crippen LogP contribution >= 0.6 is 0 Å². The van der Waals surface area contributed by atoms with E-state index in [4.69, 9.17) is 0 Å². The Morgan fingerprint density at radius 1 is 1.40 bits per heavy atom. The molecule has 0 radical (unpaired) electrons. The first-order chi connectivity index (χ1) is 9.14. The third-order valence-corrected chi connectivity index (χ3v) is 3.49. The van der Waals surface area contributed by atoms with E-state index in [2.05, 4.69) is 0 Å². The highest BCUT2D eigenvalue weighted by molar-refractivity contribution is 5.95. The Morgan fingerprint density at radius 2 is 2.05 bits per heavy atom. The molecule has 1 aromatic rings. The number of hydrogen-bond acceptors (Lipinski definition) is 2. The van der Waals surface area contributed by atoms with Crippen molar-refractivity contribution in [3.63, 3.8) is 0 Å². The minimum absolute atomic E-state index is 0.0106. The van der Waals surface area contributed by atoms with Gasteiger partial charge in [0.1, 0.15) is 5.82 Å². The Kier molecular flexibility index (Phi) is 3.49. The van der Waals surface area contributed by atoms with Gasteiger partial charge in [0.15, 0.2) is 5.60 Å². The molecule has 1 aliphatic rings. The summed E-state index contributed by atoms with van der Waals surface area (Å²) in [6.07, 6.45) is -5.37. The fourth-order valence-corrected chi connectivity index (χ4v) is 2.19. The van der Waals surface area contributed by atoms with E-state index < -0.39 is 36.5 Å². The van der Waals surface area contributed by atoms with Crippen LogP contribution in [0.4, 0.5) is 17.6 Å². The molecule has 1 N–H and O–H groups in total. The summed E-state index contributed by atoms with van der Waals surface area (Å²) >= 11 is 0. The van der Waals surface area contributed by atoms with Crippen molar-refractivity contribution in [3.8, 4) is 0 Å². The molecule has 1 aromatic carbocycles. The van der Waals surface area contributed by atoms with Gasteiger partial charge in [0.05, 0.1) is 6.54 Å². The van der Waals surface area contributed by atoms with Crippen molar-refractivity contribution in [1.82, 2.24) is 4.90 Å². The number of likely N-dealkylation sites (tertiary alicyclic amines) is 1. The predicted molar refractivity (Wildman–Crippen MR) is 62.7 cm³/mol. The van der Waals surface area contributed by atoms with Crippen molar-refractivity contribution in [1.29, 1.82) is 0 Å². The zero-order valence-corrected chi connectivity index (χ0v) is 10.7. The summed E-state index contributed by atoms with van der Waals surface area (Å²) in [4.78, 5) is 13.0. The molecule has 1 atom stereocenters. The molecular weight excluding hydrogens is 278 g/mol. The fourth-order valence-electron chi connectivity index (χ4n) is 2.19.